The number of nitrogens with two attached hydrogens (primary N) is 1. The Morgan fingerprint density at radius 3 is 2.58 bits per heavy atom. The van der Waals surface area contributed by atoms with Crippen LogP contribution in [0.15, 0.2) is 47.4 Å². The minimum atomic E-state index is -4.01. The van der Waals surface area contributed by atoms with Gasteiger partial charge in [-0.3, -0.25) is 4.72 Å². The fourth-order valence-corrected chi connectivity index (χ4v) is 2.71. The molecule has 0 aliphatic carbocycles. The number of benzene rings is 2. The molecule has 0 aromatic heterocycles. The minimum absolute atomic E-state index is 0.0611. The Labute approximate surface area is 109 Å². The Morgan fingerprint density at radius 1 is 1.16 bits per heavy atom. The maximum absolute atomic E-state index is 13.1. The predicted molar refractivity (Wildman–Crippen MR) is 69.7 cm³/mol. The molecule has 0 spiro atoms. The van der Waals surface area contributed by atoms with Gasteiger partial charge in [-0.05, 0) is 30.3 Å². The normalized spacial score (nSPS) is 11.2. The summed E-state index contributed by atoms with van der Waals surface area (Å²) in [6.07, 6.45) is 0. The molecule has 2 aromatic carbocycles. The van der Waals surface area contributed by atoms with Crippen molar-refractivity contribution >= 4 is 21.4 Å². The smallest absolute Gasteiger partial charge is 0.264 e. The maximum Gasteiger partial charge on any atom is 0.264 e. The number of hydrogen-bond acceptors (Lipinski definition) is 4. The lowest BCUT2D eigenvalue weighted by atomic mass is 10.3. The molecule has 0 fully saturated rings. The highest BCUT2D eigenvalue weighted by molar-refractivity contribution is 7.92. The summed E-state index contributed by atoms with van der Waals surface area (Å²) in [5.74, 6) is -0.794. The number of phenols is 1. The van der Waals surface area contributed by atoms with Crippen molar-refractivity contribution in [1.29, 1.82) is 0 Å². The van der Waals surface area contributed by atoms with E-state index in [1.165, 1.54) is 30.3 Å². The molecule has 7 heteroatoms. The first-order chi connectivity index (χ1) is 8.88. The van der Waals surface area contributed by atoms with Crippen LogP contribution in [0.1, 0.15) is 0 Å². The number of anilines is 2. The van der Waals surface area contributed by atoms with Crippen LogP contribution in [0, 0.1) is 5.82 Å². The van der Waals surface area contributed by atoms with Crippen LogP contribution < -0.4 is 10.5 Å². The third-order valence-electron chi connectivity index (χ3n) is 2.36. The molecule has 0 saturated heterocycles. The molecule has 5 nitrogen and oxygen atoms in total. The molecule has 0 atom stereocenters. The number of halogens is 1. The van der Waals surface area contributed by atoms with Gasteiger partial charge in [0, 0.05) is 6.07 Å². The first kappa shape index (κ1) is 13.2. The third kappa shape index (κ3) is 2.94. The number of rotatable bonds is 3. The topological polar surface area (TPSA) is 92.4 Å². The lowest BCUT2D eigenvalue weighted by Gasteiger charge is -2.10. The zero-order chi connectivity index (χ0) is 14.0. The number of hydrogen-bond donors (Lipinski definition) is 3. The van der Waals surface area contributed by atoms with E-state index in [4.69, 9.17) is 5.73 Å². The summed E-state index contributed by atoms with van der Waals surface area (Å²) >= 11 is 0. The van der Waals surface area contributed by atoms with Gasteiger partial charge in [0.25, 0.3) is 10.0 Å². The molecule has 2 aromatic rings. The van der Waals surface area contributed by atoms with Crippen molar-refractivity contribution < 1.29 is 17.9 Å². The first-order valence-electron chi connectivity index (χ1n) is 5.25. The molecule has 19 heavy (non-hydrogen) atoms. The molecule has 0 unspecified atom stereocenters. The Kier molecular flexibility index (Phi) is 3.30. The van der Waals surface area contributed by atoms with Crippen LogP contribution in [0.4, 0.5) is 15.8 Å². The fraction of sp³-hybridized carbons (Fsp3) is 0. The van der Waals surface area contributed by atoms with E-state index in [9.17, 15) is 17.9 Å². The molecule has 0 heterocycles. The van der Waals surface area contributed by atoms with E-state index < -0.39 is 15.8 Å². The van der Waals surface area contributed by atoms with E-state index in [0.29, 0.717) is 0 Å². The van der Waals surface area contributed by atoms with E-state index in [0.717, 1.165) is 12.1 Å². The van der Waals surface area contributed by atoms with Crippen molar-refractivity contribution in [2.75, 3.05) is 10.5 Å². The summed E-state index contributed by atoms with van der Waals surface area (Å²) in [4.78, 5) is -0.351. The van der Waals surface area contributed by atoms with E-state index in [2.05, 4.69) is 4.72 Å². The third-order valence-corrected chi connectivity index (χ3v) is 3.80. The van der Waals surface area contributed by atoms with Crippen molar-refractivity contribution in [2.45, 2.75) is 4.90 Å². The number of nitrogens with one attached hydrogen (secondary N) is 1. The van der Waals surface area contributed by atoms with Gasteiger partial charge in [-0.25, -0.2) is 12.8 Å². The average molecular weight is 282 g/mol. The van der Waals surface area contributed by atoms with Crippen molar-refractivity contribution in [2.24, 2.45) is 0 Å². The van der Waals surface area contributed by atoms with Crippen LogP contribution in [0.25, 0.3) is 0 Å². The standard InChI is InChI=1S/C12H11FN2O3S/c13-8-4-5-11(14)12(6-8)19(17,18)15-9-2-1-3-10(16)7-9/h1-7,15-16H,14H2. The van der Waals surface area contributed by atoms with Crippen LogP contribution in [0.2, 0.25) is 0 Å². The number of aromatic hydroxyl groups is 1. The number of nitrogen functional groups attached to an aromatic ring is 1. The van der Waals surface area contributed by atoms with Crippen LogP contribution >= 0.6 is 0 Å². The Morgan fingerprint density at radius 2 is 1.89 bits per heavy atom. The van der Waals surface area contributed by atoms with E-state index in [1.54, 1.807) is 0 Å². The second-order valence-corrected chi connectivity index (χ2v) is 5.49. The SMILES string of the molecule is Nc1ccc(F)cc1S(=O)(=O)Nc1cccc(O)c1. The lowest BCUT2D eigenvalue weighted by Crippen LogP contribution is -2.15. The lowest BCUT2D eigenvalue weighted by molar-refractivity contribution is 0.475. The van der Waals surface area contributed by atoms with Crippen molar-refractivity contribution in [3.05, 3.63) is 48.3 Å². The van der Waals surface area contributed by atoms with Crippen molar-refractivity contribution in [1.82, 2.24) is 0 Å². The zero-order valence-electron chi connectivity index (χ0n) is 9.67. The molecule has 4 N–H and O–H groups in total. The van der Waals surface area contributed by atoms with E-state index >= 15 is 0 Å². The van der Waals surface area contributed by atoms with Gasteiger partial charge < -0.3 is 10.8 Å². The molecule has 0 amide bonds. The van der Waals surface area contributed by atoms with Gasteiger partial charge in [0.15, 0.2) is 0 Å². The van der Waals surface area contributed by atoms with Gasteiger partial charge in [-0.1, -0.05) is 6.07 Å². The highest BCUT2D eigenvalue weighted by Gasteiger charge is 2.18. The van der Waals surface area contributed by atoms with Crippen LogP contribution in [-0.4, -0.2) is 13.5 Å². The number of sulfonamides is 1. The first-order valence-corrected chi connectivity index (χ1v) is 6.74. The molecule has 100 valence electrons. The van der Waals surface area contributed by atoms with Crippen LogP contribution in [-0.2, 0) is 10.0 Å². The summed E-state index contributed by atoms with van der Waals surface area (Å²) in [5.41, 5.74) is 5.62. The Balaban J connectivity index is 2.40. The molecule has 0 radical (unpaired) electrons. The molecule has 0 bridgehead atoms. The van der Waals surface area contributed by atoms with Gasteiger partial charge >= 0.3 is 0 Å². The van der Waals surface area contributed by atoms with E-state index in [-0.39, 0.29) is 22.0 Å². The summed E-state index contributed by atoms with van der Waals surface area (Å²) < 4.78 is 39.4. The van der Waals surface area contributed by atoms with Gasteiger partial charge in [0.1, 0.15) is 16.5 Å². The monoisotopic (exact) mass is 282 g/mol. The second-order valence-electron chi connectivity index (χ2n) is 3.84. The van der Waals surface area contributed by atoms with Crippen molar-refractivity contribution in [3.8, 4) is 5.75 Å². The Bertz CT molecular complexity index is 717. The van der Waals surface area contributed by atoms with Crippen LogP contribution in [0.5, 0.6) is 5.75 Å². The molecule has 0 aliphatic heterocycles. The zero-order valence-corrected chi connectivity index (χ0v) is 10.5. The summed E-state index contributed by atoms with van der Waals surface area (Å²) in [7, 11) is -4.01. The summed E-state index contributed by atoms with van der Waals surface area (Å²) in [5, 5.41) is 9.26. The van der Waals surface area contributed by atoms with Gasteiger partial charge in [0.05, 0.1) is 11.4 Å². The largest absolute Gasteiger partial charge is 0.508 e. The minimum Gasteiger partial charge on any atom is -0.508 e. The quantitative estimate of drug-likeness (QED) is 0.750. The summed E-state index contributed by atoms with van der Waals surface area (Å²) in [6, 6.07) is 8.63. The molecular weight excluding hydrogens is 271 g/mol. The molecule has 0 saturated carbocycles. The van der Waals surface area contributed by atoms with E-state index in [1.807, 2.05) is 0 Å². The Hall–Kier alpha value is -2.28. The van der Waals surface area contributed by atoms with Gasteiger partial charge in [-0.15, -0.1) is 0 Å². The number of phenolic OH excluding ortho intramolecular Hbond substituents is 1. The van der Waals surface area contributed by atoms with Gasteiger partial charge in [-0.2, -0.15) is 0 Å². The van der Waals surface area contributed by atoms with Crippen LogP contribution in [0.3, 0.4) is 0 Å². The molecular formula is C12H11FN2O3S. The molecule has 0 aliphatic rings. The maximum atomic E-state index is 13.1. The van der Waals surface area contributed by atoms with Crippen molar-refractivity contribution in [3.63, 3.8) is 0 Å². The highest BCUT2D eigenvalue weighted by atomic mass is 32.2. The highest BCUT2D eigenvalue weighted by Crippen LogP contribution is 2.23. The summed E-state index contributed by atoms with van der Waals surface area (Å²) in [6.45, 7) is 0. The van der Waals surface area contributed by atoms with Gasteiger partial charge in [0.2, 0.25) is 0 Å². The average Bonchev–Trinajstić information content (AvgIpc) is 2.31. The fourth-order valence-electron chi connectivity index (χ4n) is 1.52. The molecule has 2 rings (SSSR count). The predicted octanol–water partition coefficient (Wildman–Crippen LogP) is 1.91. The second kappa shape index (κ2) is 4.77.